The molecule has 2 aromatic carbocycles. The third kappa shape index (κ3) is 4.33. The van der Waals surface area contributed by atoms with Gasteiger partial charge in [0.05, 0.1) is 12.6 Å². The van der Waals surface area contributed by atoms with Crippen molar-refractivity contribution in [2.24, 2.45) is 0 Å². The molecule has 1 aliphatic rings. The smallest absolute Gasteiger partial charge is 0.251 e. The number of rotatable bonds is 5. The van der Waals surface area contributed by atoms with Crippen LogP contribution in [0.1, 0.15) is 33.9 Å². The molecule has 6 nitrogen and oxygen atoms in total. The number of carbonyl (C=O) groups excluding carboxylic acids is 1. The van der Waals surface area contributed by atoms with E-state index in [0.29, 0.717) is 12.2 Å². The van der Waals surface area contributed by atoms with Crippen LogP contribution in [0.2, 0.25) is 0 Å². The van der Waals surface area contributed by atoms with Crippen LogP contribution in [0, 0.1) is 0 Å². The van der Waals surface area contributed by atoms with Crippen LogP contribution >= 0.6 is 27.7 Å². The quantitative estimate of drug-likeness (QED) is 0.578. The molecule has 1 amide bonds. The van der Waals surface area contributed by atoms with Crippen molar-refractivity contribution in [3.05, 3.63) is 70.0 Å². The third-order valence-corrected chi connectivity index (χ3v) is 5.74. The average molecular weight is 445 g/mol. The van der Waals surface area contributed by atoms with Crippen LogP contribution in [0.3, 0.4) is 0 Å². The van der Waals surface area contributed by atoms with Gasteiger partial charge in [-0.15, -0.1) is 0 Å². The van der Waals surface area contributed by atoms with E-state index in [1.54, 1.807) is 11.8 Å². The van der Waals surface area contributed by atoms with Gasteiger partial charge >= 0.3 is 0 Å². The number of aromatic nitrogens is 3. The van der Waals surface area contributed by atoms with Crippen LogP contribution < -0.4 is 10.1 Å². The zero-order chi connectivity index (χ0) is 18.6. The fourth-order valence-corrected chi connectivity index (χ4v) is 4.04. The second-order valence-electron chi connectivity index (χ2n) is 6.12. The first-order chi connectivity index (χ1) is 13.2. The number of thioether (sulfide) groups is 1. The van der Waals surface area contributed by atoms with Crippen molar-refractivity contribution in [3.8, 4) is 5.75 Å². The largest absolute Gasteiger partial charge is 0.493 e. The number of carbonyl (C=O) groups is 1. The molecule has 0 saturated heterocycles. The van der Waals surface area contributed by atoms with Gasteiger partial charge in [0, 0.05) is 27.8 Å². The van der Waals surface area contributed by atoms with Crippen molar-refractivity contribution in [2.75, 3.05) is 6.61 Å². The summed E-state index contributed by atoms with van der Waals surface area (Å²) in [6.45, 7) is 0.595. The monoisotopic (exact) mass is 444 g/mol. The molecule has 0 aliphatic carbocycles. The number of benzene rings is 2. The van der Waals surface area contributed by atoms with Gasteiger partial charge in [0.15, 0.2) is 5.16 Å². The number of fused-ring (bicyclic) bond motifs is 1. The van der Waals surface area contributed by atoms with Gasteiger partial charge in [-0.3, -0.25) is 9.89 Å². The van der Waals surface area contributed by atoms with E-state index in [1.807, 2.05) is 42.5 Å². The predicted molar refractivity (Wildman–Crippen MR) is 107 cm³/mol. The fraction of sp³-hybridized carbons (Fsp3) is 0.211. The average Bonchev–Trinajstić information content (AvgIpc) is 3.21. The molecular formula is C19H17BrN4O2S. The summed E-state index contributed by atoms with van der Waals surface area (Å²) in [5.41, 5.74) is 2.77. The number of hydrogen-bond acceptors (Lipinski definition) is 5. The number of nitrogens with zero attached hydrogens (tertiary/aromatic N) is 2. The number of hydrogen-bond donors (Lipinski definition) is 2. The summed E-state index contributed by atoms with van der Waals surface area (Å²) in [7, 11) is 0. The Kier molecular flexibility index (Phi) is 5.45. The number of aromatic amines is 1. The SMILES string of the molecule is O=C(NC1CCOc2ccc(Br)cc21)c1ccc(CSc2ncn[nH]2)cc1. The van der Waals surface area contributed by atoms with Crippen LogP contribution in [0.5, 0.6) is 5.75 Å². The zero-order valence-electron chi connectivity index (χ0n) is 14.3. The molecule has 4 rings (SSSR count). The minimum absolute atomic E-state index is 0.0552. The lowest BCUT2D eigenvalue weighted by Crippen LogP contribution is -2.32. The molecule has 0 bridgehead atoms. The van der Waals surface area contributed by atoms with Crippen LogP contribution in [0.15, 0.2) is 58.4 Å². The van der Waals surface area contributed by atoms with Gasteiger partial charge in [0.1, 0.15) is 12.1 Å². The maximum absolute atomic E-state index is 12.7. The first kappa shape index (κ1) is 18.1. The Balaban J connectivity index is 1.41. The van der Waals surface area contributed by atoms with E-state index >= 15 is 0 Å². The Hall–Kier alpha value is -2.32. The van der Waals surface area contributed by atoms with Gasteiger partial charge in [-0.05, 0) is 35.9 Å². The molecule has 2 N–H and O–H groups in total. The molecular weight excluding hydrogens is 428 g/mol. The van der Waals surface area contributed by atoms with Gasteiger partial charge in [-0.1, -0.05) is 39.8 Å². The molecule has 0 fully saturated rings. The van der Waals surface area contributed by atoms with E-state index in [9.17, 15) is 4.79 Å². The number of halogens is 1. The highest BCUT2D eigenvalue weighted by molar-refractivity contribution is 9.10. The third-order valence-electron chi connectivity index (χ3n) is 4.30. The lowest BCUT2D eigenvalue weighted by atomic mass is 10.00. The highest BCUT2D eigenvalue weighted by atomic mass is 79.9. The fourth-order valence-electron chi connectivity index (χ4n) is 2.92. The van der Waals surface area contributed by atoms with Crippen molar-refractivity contribution in [3.63, 3.8) is 0 Å². The molecule has 3 aromatic rings. The predicted octanol–water partition coefficient (Wildman–Crippen LogP) is 4.11. The van der Waals surface area contributed by atoms with Crippen LogP contribution in [-0.4, -0.2) is 27.7 Å². The van der Waals surface area contributed by atoms with E-state index in [2.05, 4.69) is 36.4 Å². The first-order valence-corrected chi connectivity index (χ1v) is 10.3. The number of H-pyrrole nitrogens is 1. The van der Waals surface area contributed by atoms with E-state index in [0.717, 1.165) is 38.7 Å². The molecule has 2 heterocycles. The van der Waals surface area contributed by atoms with Crippen molar-refractivity contribution in [1.82, 2.24) is 20.5 Å². The van der Waals surface area contributed by atoms with Crippen LogP contribution in [0.4, 0.5) is 0 Å². The number of nitrogens with one attached hydrogen (secondary N) is 2. The van der Waals surface area contributed by atoms with E-state index in [-0.39, 0.29) is 11.9 Å². The minimum atomic E-state index is -0.0812. The summed E-state index contributed by atoms with van der Waals surface area (Å²) < 4.78 is 6.65. The molecule has 138 valence electrons. The van der Waals surface area contributed by atoms with Crippen molar-refractivity contribution < 1.29 is 9.53 Å². The van der Waals surface area contributed by atoms with E-state index in [1.165, 1.54) is 6.33 Å². The maximum Gasteiger partial charge on any atom is 0.251 e. The van der Waals surface area contributed by atoms with Gasteiger partial charge in [-0.2, -0.15) is 5.10 Å². The minimum Gasteiger partial charge on any atom is -0.493 e. The Morgan fingerprint density at radius 3 is 2.93 bits per heavy atom. The Bertz CT molecular complexity index is 931. The molecule has 0 saturated carbocycles. The Morgan fingerprint density at radius 1 is 1.30 bits per heavy atom. The molecule has 1 aromatic heterocycles. The maximum atomic E-state index is 12.7. The summed E-state index contributed by atoms with van der Waals surface area (Å²) >= 11 is 5.05. The van der Waals surface area contributed by atoms with Crippen molar-refractivity contribution in [1.29, 1.82) is 0 Å². The second-order valence-corrected chi connectivity index (χ2v) is 8.00. The van der Waals surface area contributed by atoms with E-state index in [4.69, 9.17) is 4.74 Å². The summed E-state index contributed by atoms with van der Waals surface area (Å²) in [6, 6.07) is 13.5. The lowest BCUT2D eigenvalue weighted by Gasteiger charge is -2.27. The molecule has 0 radical (unpaired) electrons. The highest BCUT2D eigenvalue weighted by Gasteiger charge is 2.23. The van der Waals surface area contributed by atoms with Crippen molar-refractivity contribution in [2.45, 2.75) is 23.4 Å². The van der Waals surface area contributed by atoms with Crippen LogP contribution in [-0.2, 0) is 5.75 Å². The topological polar surface area (TPSA) is 79.9 Å². The highest BCUT2D eigenvalue weighted by Crippen LogP contribution is 2.34. The molecule has 27 heavy (non-hydrogen) atoms. The summed E-state index contributed by atoms with van der Waals surface area (Å²) in [4.78, 5) is 16.8. The zero-order valence-corrected chi connectivity index (χ0v) is 16.7. The van der Waals surface area contributed by atoms with E-state index < -0.39 is 0 Å². The molecule has 0 spiro atoms. The lowest BCUT2D eigenvalue weighted by molar-refractivity contribution is 0.0925. The molecule has 1 unspecified atom stereocenters. The van der Waals surface area contributed by atoms with Gasteiger partial charge < -0.3 is 10.1 Å². The second kappa shape index (κ2) is 8.14. The van der Waals surface area contributed by atoms with Gasteiger partial charge in [0.2, 0.25) is 0 Å². The first-order valence-electron chi connectivity index (χ1n) is 8.49. The summed E-state index contributed by atoms with van der Waals surface area (Å²) in [5.74, 6) is 1.51. The number of ether oxygens (including phenoxy) is 1. The Labute approximate surface area is 169 Å². The van der Waals surface area contributed by atoms with Gasteiger partial charge in [-0.25, -0.2) is 4.98 Å². The standard InChI is InChI=1S/C19H17BrN4O2S/c20-14-5-6-17-15(9-14)16(7-8-26-17)23-18(25)13-3-1-12(2-4-13)10-27-19-21-11-22-24-19/h1-6,9,11,16H,7-8,10H2,(H,23,25)(H,21,22,24). The molecule has 1 aliphatic heterocycles. The number of amides is 1. The summed E-state index contributed by atoms with van der Waals surface area (Å²) in [5, 5.41) is 10.5. The molecule has 8 heteroatoms. The van der Waals surface area contributed by atoms with Gasteiger partial charge in [0.25, 0.3) is 5.91 Å². The van der Waals surface area contributed by atoms with Crippen LogP contribution in [0.25, 0.3) is 0 Å². The normalized spacial score (nSPS) is 15.7. The summed E-state index contributed by atoms with van der Waals surface area (Å²) in [6.07, 6.45) is 2.24. The molecule has 1 atom stereocenters. The van der Waals surface area contributed by atoms with Crippen molar-refractivity contribution >= 4 is 33.6 Å². The Morgan fingerprint density at radius 2 is 2.15 bits per heavy atom.